The van der Waals surface area contributed by atoms with Crippen molar-refractivity contribution < 1.29 is 4.74 Å². The Hall–Kier alpha value is -1.52. The molecule has 0 amide bonds. The van der Waals surface area contributed by atoms with Crippen molar-refractivity contribution in [3.8, 4) is 5.75 Å². The zero-order chi connectivity index (χ0) is 15.6. The minimum atomic E-state index is -0.0758. The maximum Gasteiger partial charge on any atom is 0.131 e. The SMILES string of the molecule is CCc1nn(C)c(COc2ccc(C)cc2[C@@H](C)N)c1Cl. The summed E-state index contributed by atoms with van der Waals surface area (Å²) in [7, 11) is 1.88. The van der Waals surface area contributed by atoms with Gasteiger partial charge in [0.15, 0.2) is 0 Å². The molecular weight excluding hydrogens is 286 g/mol. The van der Waals surface area contributed by atoms with Crippen LogP contribution in [0.3, 0.4) is 0 Å². The summed E-state index contributed by atoms with van der Waals surface area (Å²) in [5.41, 5.74) is 9.96. The van der Waals surface area contributed by atoms with Gasteiger partial charge in [-0.1, -0.05) is 36.2 Å². The highest BCUT2D eigenvalue weighted by Crippen LogP contribution is 2.27. The van der Waals surface area contributed by atoms with Crippen LogP contribution in [-0.2, 0) is 20.1 Å². The smallest absolute Gasteiger partial charge is 0.131 e. The predicted octanol–water partition coefficient (Wildman–Crippen LogP) is 3.54. The zero-order valence-corrected chi connectivity index (χ0v) is 13.7. The second kappa shape index (κ2) is 6.50. The summed E-state index contributed by atoms with van der Waals surface area (Å²) >= 11 is 6.34. The van der Waals surface area contributed by atoms with E-state index >= 15 is 0 Å². The van der Waals surface area contributed by atoms with Gasteiger partial charge in [-0.2, -0.15) is 5.10 Å². The second-order valence-corrected chi connectivity index (χ2v) is 5.68. The summed E-state index contributed by atoms with van der Waals surface area (Å²) in [6.07, 6.45) is 0.808. The molecule has 0 unspecified atom stereocenters. The van der Waals surface area contributed by atoms with E-state index in [9.17, 15) is 0 Å². The third-order valence-corrected chi connectivity index (χ3v) is 3.96. The monoisotopic (exact) mass is 307 g/mol. The summed E-state index contributed by atoms with van der Waals surface area (Å²) in [5.74, 6) is 0.797. The largest absolute Gasteiger partial charge is 0.487 e. The Bertz CT molecular complexity index is 635. The van der Waals surface area contributed by atoms with E-state index in [1.165, 1.54) is 5.56 Å². The minimum Gasteiger partial charge on any atom is -0.487 e. The van der Waals surface area contributed by atoms with Crippen molar-refractivity contribution in [1.29, 1.82) is 0 Å². The molecule has 0 saturated heterocycles. The molecule has 4 nitrogen and oxygen atoms in total. The number of rotatable bonds is 5. The molecule has 21 heavy (non-hydrogen) atoms. The van der Waals surface area contributed by atoms with Crippen molar-refractivity contribution in [2.24, 2.45) is 12.8 Å². The summed E-state index contributed by atoms with van der Waals surface area (Å²) in [6, 6.07) is 5.96. The molecule has 2 rings (SSSR count). The number of hydrogen-bond acceptors (Lipinski definition) is 3. The number of nitrogens with zero attached hydrogens (tertiary/aromatic N) is 2. The number of hydrogen-bond donors (Lipinski definition) is 1. The van der Waals surface area contributed by atoms with E-state index in [2.05, 4.69) is 11.2 Å². The number of aromatic nitrogens is 2. The topological polar surface area (TPSA) is 53.1 Å². The Morgan fingerprint density at radius 2 is 2.14 bits per heavy atom. The lowest BCUT2D eigenvalue weighted by Crippen LogP contribution is -2.10. The highest BCUT2D eigenvalue weighted by molar-refractivity contribution is 6.31. The van der Waals surface area contributed by atoms with Gasteiger partial charge in [-0.15, -0.1) is 0 Å². The minimum absolute atomic E-state index is 0.0758. The van der Waals surface area contributed by atoms with E-state index in [1.807, 2.05) is 40.0 Å². The van der Waals surface area contributed by atoms with Crippen molar-refractivity contribution >= 4 is 11.6 Å². The molecule has 5 heteroatoms. The Balaban J connectivity index is 2.23. The summed E-state index contributed by atoms with van der Waals surface area (Å²) in [5, 5.41) is 5.08. The molecule has 1 atom stereocenters. The van der Waals surface area contributed by atoms with Gasteiger partial charge in [0.2, 0.25) is 0 Å². The average molecular weight is 308 g/mol. The molecule has 0 spiro atoms. The van der Waals surface area contributed by atoms with Crippen LogP contribution < -0.4 is 10.5 Å². The van der Waals surface area contributed by atoms with Crippen molar-refractivity contribution in [2.75, 3.05) is 0 Å². The van der Waals surface area contributed by atoms with Crippen LogP contribution in [0, 0.1) is 6.92 Å². The number of benzene rings is 1. The van der Waals surface area contributed by atoms with Gasteiger partial charge in [0.25, 0.3) is 0 Å². The van der Waals surface area contributed by atoms with Gasteiger partial charge in [0.05, 0.1) is 16.4 Å². The first kappa shape index (κ1) is 15.9. The molecular formula is C16H22ClN3O. The molecule has 0 saturated carbocycles. The van der Waals surface area contributed by atoms with Crippen LogP contribution in [0.4, 0.5) is 0 Å². The van der Waals surface area contributed by atoms with Crippen molar-refractivity contribution in [2.45, 2.75) is 39.8 Å². The molecule has 2 aromatic rings. The normalized spacial score (nSPS) is 12.5. The predicted molar refractivity (Wildman–Crippen MR) is 85.7 cm³/mol. The molecule has 1 aromatic carbocycles. The number of aryl methyl sites for hydroxylation is 3. The van der Waals surface area contributed by atoms with E-state index in [4.69, 9.17) is 22.1 Å². The van der Waals surface area contributed by atoms with Gasteiger partial charge in [0.1, 0.15) is 12.4 Å². The summed E-state index contributed by atoms with van der Waals surface area (Å²) in [6.45, 7) is 6.41. The van der Waals surface area contributed by atoms with Crippen molar-refractivity contribution in [3.63, 3.8) is 0 Å². The van der Waals surface area contributed by atoms with E-state index in [0.29, 0.717) is 11.6 Å². The number of ether oxygens (including phenoxy) is 1. The van der Waals surface area contributed by atoms with Crippen LogP contribution in [0.15, 0.2) is 18.2 Å². The molecule has 114 valence electrons. The van der Waals surface area contributed by atoms with E-state index in [-0.39, 0.29) is 6.04 Å². The lowest BCUT2D eigenvalue weighted by molar-refractivity contribution is 0.290. The van der Waals surface area contributed by atoms with Crippen LogP contribution in [-0.4, -0.2) is 9.78 Å². The molecule has 0 radical (unpaired) electrons. The van der Waals surface area contributed by atoms with Gasteiger partial charge in [-0.25, -0.2) is 0 Å². The molecule has 0 aliphatic heterocycles. The molecule has 0 aliphatic carbocycles. The van der Waals surface area contributed by atoms with Crippen LogP contribution in [0.1, 0.15) is 42.4 Å². The lowest BCUT2D eigenvalue weighted by atomic mass is 10.1. The van der Waals surface area contributed by atoms with Gasteiger partial charge >= 0.3 is 0 Å². The number of halogens is 1. The third-order valence-electron chi connectivity index (χ3n) is 3.52. The van der Waals surface area contributed by atoms with E-state index < -0.39 is 0 Å². The fourth-order valence-corrected chi connectivity index (χ4v) is 2.63. The van der Waals surface area contributed by atoms with Gasteiger partial charge in [0, 0.05) is 18.7 Å². The summed E-state index contributed by atoms with van der Waals surface area (Å²) < 4.78 is 7.71. The molecule has 0 fully saturated rings. The van der Waals surface area contributed by atoms with Gasteiger partial charge in [-0.05, 0) is 26.3 Å². The van der Waals surface area contributed by atoms with E-state index in [1.54, 1.807) is 4.68 Å². The summed E-state index contributed by atoms with van der Waals surface area (Å²) in [4.78, 5) is 0. The van der Waals surface area contributed by atoms with Crippen LogP contribution in [0.25, 0.3) is 0 Å². The average Bonchev–Trinajstić information content (AvgIpc) is 2.72. The Morgan fingerprint density at radius 1 is 1.43 bits per heavy atom. The first-order valence-corrected chi connectivity index (χ1v) is 7.51. The van der Waals surface area contributed by atoms with Crippen LogP contribution in [0.2, 0.25) is 5.02 Å². The standard InChI is InChI=1S/C16H22ClN3O/c1-5-13-16(17)14(20(4)19-13)9-21-15-7-6-10(2)8-12(15)11(3)18/h6-8,11H,5,9,18H2,1-4H3/t11-/m1/s1. The van der Waals surface area contributed by atoms with Crippen LogP contribution in [0.5, 0.6) is 5.75 Å². The van der Waals surface area contributed by atoms with Gasteiger partial charge in [-0.3, -0.25) is 4.68 Å². The lowest BCUT2D eigenvalue weighted by Gasteiger charge is -2.15. The molecule has 0 aliphatic rings. The quantitative estimate of drug-likeness (QED) is 0.919. The number of nitrogens with two attached hydrogens (primary N) is 1. The molecule has 1 aromatic heterocycles. The van der Waals surface area contributed by atoms with Gasteiger partial charge < -0.3 is 10.5 Å². The van der Waals surface area contributed by atoms with Crippen molar-refractivity contribution in [1.82, 2.24) is 9.78 Å². The first-order chi connectivity index (χ1) is 9.93. The maximum atomic E-state index is 6.34. The third kappa shape index (κ3) is 3.39. The van der Waals surface area contributed by atoms with E-state index in [0.717, 1.165) is 29.1 Å². The molecule has 1 heterocycles. The molecule has 0 bridgehead atoms. The van der Waals surface area contributed by atoms with Crippen LogP contribution >= 0.6 is 11.6 Å². The maximum absolute atomic E-state index is 6.34. The highest BCUT2D eigenvalue weighted by atomic mass is 35.5. The Labute approximate surface area is 130 Å². The van der Waals surface area contributed by atoms with Crippen molar-refractivity contribution in [3.05, 3.63) is 45.7 Å². The zero-order valence-electron chi connectivity index (χ0n) is 13.0. The second-order valence-electron chi connectivity index (χ2n) is 5.30. The Kier molecular flexibility index (Phi) is 4.91. The Morgan fingerprint density at radius 3 is 2.71 bits per heavy atom. The molecule has 2 N–H and O–H groups in total. The first-order valence-electron chi connectivity index (χ1n) is 7.13. The fourth-order valence-electron chi connectivity index (χ4n) is 2.28. The fraction of sp³-hybridized carbons (Fsp3) is 0.438. The highest BCUT2D eigenvalue weighted by Gasteiger charge is 2.15.